The highest BCUT2D eigenvalue weighted by Crippen LogP contribution is 2.11. The number of carbonyl (C=O) groups is 2. The van der Waals surface area contributed by atoms with Crippen LogP contribution in [0.2, 0.25) is 0 Å². The van der Waals surface area contributed by atoms with Crippen LogP contribution >= 0.6 is 15.9 Å². The molecule has 1 aromatic rings. The second-order valence-corrected chi connectivity index (χ2v) is 5.76. The zero-order valence-corrected chi connectivity index (χ0v) is 13.7. The summed E-state index contributed by atoms with van der Waals surface area (Å²) in [6.07, 6.45) is 0.129. The van der Waals surface area contributed by atoms with Gasteiger partial charge in [-0.25, -0.2) is 0 Å². The number of hydrogen-bond acceptors (Lipinski definition) is 4. The van der Waals surface area contributed by atoms with E-state index in [0.29, 0.717) is 44.9 Å². The van der Waals surface area contributed by atoms with Crippen LogP contribution in [0, 0.1) is 0 Å². The number of rotatable bonds is 6. The molecule has 7 heteroatoms. The molecule has 1 atom stereocenters. The number of nitrogens with one attached hydrogen (secondary N) is 2. The van der Waals surface area contributed by atoms with Gasteiger partial charge in [-0.15, -0.1) is 0 Å². The number of hydrogen-bond donors (Lipinski definition) is 2. The lowest BCUT2D eigenvalue weighted by molar-refractivity contribution is -0.147. The molecule has 1 aromatic carbocycles. The number of ether oxygens (including phenoxy) is 2. The van der Waals surface area contributed by atoms with Crippen molar-refractivity contribution in [1.82, 2.24) is 10.6 Å². The Balaban J connectivity index is 1.60. The van der Waals surface area contributed by atoms with E-state index >= 15 is 0 Å². The average Bonchev–Trinajstić information content (AvgIpc) is 2.55. The summed E-state index contributed by atoms with van der Waals surface area (Å²) in [4.78, 5) is 23.6. The van der Waals surface area contributed by atoms with E-state index in [4.69, 9.17) is 9.47 Å². The third-order valence-electron chi connectivity index (χ3n) is 3.13. The van der Waals surface area contributed by atoms with E-state index in [9.17, 15) is 9.59 Å². The highest BCUT2D eigenvalue weighted by atomic mass is 79.9. The molecule has 120 valence electrons. The monoisotopic (exact) mass is 370 g/mol. The van der Waals surface area contributed by atoms with Crippen molar-refractivity contribution in [3.63, 3.8) is 0 Å². The van der Waals surface area contributed by atoms with Crippen molar-refractivity contribution in [2.24, 2.45) is 0 Å². The van der Waals surface area contributed by atoms with Crippen molar-refractivity contribution in [1.29, 1.82) is 0 Å². The maximum atomic E-state index is 11.9. The van der Waals surface area contributed by atoms with Gasteiger partial charge in [0.15, 0.2) is 6.10 Å². The lowest BCUT2D eigenvalue weighted by Crippen LogP contribution is -2.43. The van der Waals surface area contributed by atoms with Crippen molar-refractivity contribution < 1.29 is 19.1 Å². The molecule has 1 unspecified atom stereocenters. The van der Waals surface area contributed by atoms with E-state index in [1.165, 1.54) is 0 Å². The molecule has 2 amide bonds. The van der Waals surface area contributed by atoms with Crippen molar-refractivity contribution in [3.05, 3.63) is 34.3 Å². The molecule has 6 nitrogen and oxygen atoms in total. The predicted octanol–water partition coefficient (Wildman–Crippen LogP) is 1.10. The van der Waals surface area contributed by atoms with Gasteiger partial charge < -0.3 is 20.1 Å². The highest BCUT2D eigenvalue weighted by Gasteiger charge is 2.21. The summed E-state index contributed by atoms with van der Waals surface area (Å²) in [5.41, 5.74) is 0.603. The SMILES string of the molecule is O=C(NCCCNC(=O)C1COCCO1)c1cccc(Br)c1. The molecule has 0 radical (unpaired) electrons. The van der Waals surface area contributed by atoms with Crippen LogP contribution in [0.1, 0.15) is 16.8 Å². The summed E-state index contributed by atoms with van der Waals surface area (Å²) in [6, 6.07) is 7.19. The molecule has 0 aliphatic carbocycles. The van der Waals surface area contributed by atoms with Crippen molar-refractivity contribution in [3.8, 4) is 0 Å². The fourth-order valence-electron chi connectivity index (χ4n) is 1.99. The van der Waals surface area contributed by atoms with Gasteiger partial charge in [0.2, 0.25) is 0 Å². The Morgan fingerprint density at radius 3 is 2.77 bits per heavy atom. The van der Waals surface area contributed by atoms with Crippen LogP contribution in [-0.2, 0) is 14.3 Å². The second-order valence-electron chi connectivity index (χ2n) is 4.85. The molecule has 2 N–H and O–H groups in total. The van der Waals surface area contributed by atoms with Gasteiger partial charge in [-0.3, -0.25) is 9.59 Å². The lowest BCUT2D eigenvalue weighted by atomic mass is 10.2. The summed E-state index contributed by atoms with van der Waals surface area (Å²) in [5.74, 6) is -0.297. The van der Waals surface area contributed by atoms with E-state index in [-0.39, 0.29) is 11.8 Å². The number of carbonyl (C=O) groups excluding carboxylic acids is 2. The minimum Gasteiger partial charge on any atom is -0.376 e. The molecule has 0 bridgehead atoms. The van der Waals surface area contributed by atoms with Gasteiger partial charge in [-0.05, 0) is 24.6 Å². The fraction of sp³-hybridized carbons (Fsp3) is 0.467. The summed E-state index contributed by atoms with van der Waals surface area (Å²) < 4.78 is 11.3. The van der Waals surface area contributed by atoms with Gasteiger partial charge in [0.05, 0.1) is 19.8 Å². The molecule has 1 aliphatic rings. The van der Waals surface area contributed by atoms with Crippen molar-refractivity contribution in [2.75, 3.05) is 32.9 Å². The maximum absolute atomic E-state index is 11.9. The van der Waals surface area contributed by atoms with E-state index in [1.54, 1.807) is 12.1 Å². The molecule has 1 heterocycles. The summed E-state index contributed by atoms with van der Waals surface area (Å²) in [5, 5.41) is 5.58. The largest absolute Gasteiger partial charge is 0.376 e. The van der Waals surface area contributed by atoms with Gasteiger partial charge in [0.25, 0.3) is 11.8 Å². The molecule has 0 spiro atoms. The zero-order valence-electron chi connectivity index (χ0n) is 12.1. The summed E-state index contributed by atoms with van der Waals surface area (Å²) in [7, 11) is 0. The van der Waals surface area contributed by atoms with Gasteiger partial charge in [0, 0.05) is 23.1 Å². The molecular weight excluding hydrogens is 352 g/mol. The quantitative estimate of drug-likeness (QED) is 0.735. The van der Waals surface area contributed by atoms with Crippen LogP contribution < -0.4 is 10.6 Å². The molecule has 2 rings (SSSR count). The molecule has 1 saturated heterocycles. The van der Waals surface area contributed by atoms with Crippen LogP contribution in [0.15, 0.2) is 28.7 Å². The third kappa shape index (κ3) is 5.40. The van der Waals surface area contributed by atoms with Gasteiger partial charge >= 0.3 is 0 Å². The predicted molar refractivity (Wildman–Crippen MR) is 84.7 cm³/mol. The first kappa shape index (κ1) is 16.9. The molecule has 1 aliphatic heterocycles. The Kier molecular flexibility index (Phi) is 6.82. The number of halogens is 1. The first-order valence-corrected chi connectivity index (χ1v) is 7.97. The molecule has 0 aromatic heterocycles. The van der Waals surface area contributed by atoms with E-state index in [2.05, 4.69) is 26.6 Å². The van der Waals surface area contributed by atoms with Crippen LogP contribution in [0.5, 0.6) is 0 Å². The molecular formula is C15H19BrN2O4. The Labute approximate surface area is 137 Å². The first-order chi connectivity index (χ1) is 10.7. The summed E-state index contributed by atoms with van der Waals surface area (Å²) in [6.45, 7) is 2.25. The van der Waals surface area contributed by atoms with E-state index in [0.717, 1.165) is 4.47 Å². The molecule has 22 heavy (non-hydrogen) atoms. The van der Waals surface area contributed by atoms with Crippen molar-refractivity contribution >= 4 is 27.7 Å². The van der Waals surface area contributed by atoms with Crippen LogP contribution in [-0.4, -0.2) is 50.8 Å². The van der Waals surface area contributed by atoms with Gasteiger partial charge in [0.1, 0.15) is 0 Å². The lowest BCUT2D eigenvalue weighted by Gasteiger charge is -2.22. The Bertz CT molecular complexity index is 518. The van der Waals surface area contributed by atoms with Crippen LogP contribution in [0.3, 0.4) is 0 Å². The molecule has 0 saturated carbocycles. The summed E-state index contributed by atoms with van der Waals surface area (Å²) >= 11 is 3.33. The number of amides is 2. The second kappa shape index (κ2) is 8.87. The molecule has 1 fully saturated rings. The average molecular weight is 371 g/mol. The minimum absolute atomic E-state index is 0.128. The minimum atomic E-state index is -0.523. The maximum Gasteiger partial charge on any atom is 0.251 e. The van der Waals surface area contributed by atoms with Crippen molar-refractivity contribution in [2.45, 2.75) is 12.5 Å². The smallest absolute Gasteiger partial charge is 0.251 e. The van der Waals surface area contributed by atoms with Crippen LogP contribution in [0.4, 0.5) is 0 Å². The third-order valence-corrected chi connectivity index (χ3v) is 3.63. The standard InChI is InChI=1S/C15H19BrN2O4/c16-12-4-1-3-11(9-12)14(19)17-5-2-6-18-15(20)13-10-21-7-8-22-13/h1,3-4,9,13H,2,5-8,10H2,(H,17,19)(H,18,20). The van der Waals surface area contributed by atoms with Crippen LogP contribution in [0.25, 0.3) is 0 Å². The zero-order chi connectivity index (χ0) is 15.8. The Morgan fingerprint density at radius 2 is 2.05 bits per heavy atom. The Hall–Kier alpha value is -1.44. The van der Waals surface area contributed by atoms with E-state index < -0.39 is 6.10 Å². The normalized spacial score (nSPS) is 17.8. The topological polar surface area (TPSA) is 76.7 Å². The first-order valence-electron chi connectivity index (χ1n) is 7.17. The number of benzene rings is 1. The van der Waals surface area contributed by atoms with Gasteiger partial charge in [-0.1, -0.05) is 22.0 Å². The van der Waals surface area contributed by atoms with E-state index in [1.807, 2.05) is 12.1 Å². The fourth-order valence-corrected chi connectivity index (χ4v) is 2.39. The Morgan fingerprint density at radius 1 is 1.23 bits per heavy atom. The highest BCUT2D eigenvalue weighted by molar-refractivity contribution is 9.10. The van der Waals surface area contributed by atoms with Gasteiger partial charge in [-0.2, -0.15) is 0 Å².